The van der Waals surface area contributed by atoms with Crippen LogP contribution in [0.1, 0.15) is 32.9 Å². The van der Waals surface area contributed by atoms with Crippen LogP contribution in [0.3, 0.4) is 0 Å². The van der Waals surface area contributed by atoms with Crippen LogP contribution in [0.2, 0.25) is 5.02 Å². The van der Waals surface area contributed by atoms with Crippen LogP contribution >= 0.6 is 11.6 Å². The van der Waals surface area contributed by atoms with Crippen molar-refractivity contribution in [2.24, 2.45) is 5.41 Å². The second-order valence-corrected chi connectivity index (χ2v) is 6.90. The molecular weight excluding hydrogens is 329 g/mol. The maximum atomic E-state index is 12.7. The maximum Gasteiger partial charge on any atom is 0.432 e. The number of alkyl halides is 3. The van der Waals surface area contributed by atoms with Crippen LogP contribution in [-0.2, 0) is 6.18 Å². The van der Waals surface area contributed by atoms with Crippen molar-refractivity contribution in [3.05, 3.63) is 35.0 Å². The number of ether oxygens (including phenoxy) is 1. The Morgan fingerprint density at radius 1 is 1.17 bits per heavy atom. The number of halogens is 4. The van der Waals surface area contributed by atoms with Crippen LogP contribution in [0.15, 0.2) is 24.3 Å². The van der Waals surface area contributed by atoms with Gasteiger partial charge in [0, 0.05) is 10.6 Å². The molecule has 0 radical (unpaired) electrons. The molecule has 0 atom stereocenters. The summed E-state index contributed by atoms with van der Waals surface area (Å²) in [5.74, 6) is 0.457. The molecule has 0 fully saturated rings. The van der Waals surface area contributed by atoms with Gasteiger partial charge < -0.3 is 4.74 Å². The molecule has 0 aliphatic rings. The van der Waals surface area contributed by atoms with E-state index in [1.165, 1.54) is 0 Å². The van der Waals surface area contributed by atoms with Gasteiger partial charge in [0.2, 0.25) is 0 Å². The van der Waals surface area contributed by atoms with Gasteiger partial charge in [0.1, 0.15) is 11.4 Å². The van der Waals surface area contributed by atoms with Crippen LogP contribution < -0.4 is 4.74 Å². The Balaban J connectivity index is 2.27. The number of nitrogens with zero attached hydrogens (tertiary/aromatic N) is 1. The normalized spacial score (nSPS) is 12.5. The van der Waals surface area contributed by atoms with E-state index < -0.39 is 11.9 Å². The number of benzene rings is 1. The zero-order valence-electron chi connectivity index (χ0n) is 13.1. The van der Waals surface area contributed by atoms with Gasteiger partial charge >= 0.3 is 6.18 Å². The Hall–Kier alpha value is -1.69. The predicted octanol–water partition coefficient (Wildman–Crippen LogP) is 5.56. The predicted molar refractivity (Wildman–Crippen MR) is 83.6 cm³/mol. The summed E-state index contributed by atoms with van der Waals surface area (Å²) in [4.78, 5) is 0. The van der Waals surface area contributed by atoms with Crippen LogP contribution in [0.4, 0.5) is 13.2 Å². The molecule has 0 aliphatic carbocycles. The molecule has 0 spiro atoms. The Morgan fingerprint density at radius 3 is 2.43 bits per heavy atom. The van der Waals surface area contributed by atoms with Gasteiger partial charge in [-0.25, -0.2) is 0 Å². The van der Waals surface area contributed by atoms with E-state index in [-0.39, 0.29) is 11.1 Å². The summed E-state index contributed by atoms with van der Waals surface area (Å²) in [6.45, 7) is 6.71. The number of hydrogen-bond acceptors (Lipinski definition) is 2. The smallest absolute Gasteiger partial charge is 0.432 e. The molecule has 126 valence electrons. The van der Waals surface area contributed by atoms with E-state index in [0.717, 1.165) is 12.5 Å². The molecule has 1 aromatic carbocycles. The van der Waals surface area contributed by atoms with Gasteiger partial charge in [-0.3, -0.25) is 5.10 Å². The fraction of sp³-hybridized carbons (Fsp3) is 0.438. The quantitative estimate of drug-likeness (QED) is 0.786. The van der Waals surface area contributed by atoms with Crippen molar-refractivity contribution >= 4 is 11.6 Å². The summed E-state index contributed by atoms with van der Waals surface area (Å²) in [5.41, 5.74) is -0.237. The zero-order valence-corrected chi connectivity index (χ0v) is 13.8. The number of H-pyrrole nitrogens is 1. The van der Waals surface area contributed by atoms with Crippen molar-refractivity contribution in [2.75, 3.05) is 6.61 Å². The fourth-order valence-corrected chi connectivity index (χ4v) is 2.07. The topological polar surface area (TPSA) is 37.9 Å². The van der Waals surface area contributed by atoms with E-state index in [9.17, 15) is 13.2 Å². The van der Waals surface area contributed by atoms with Crippen LogP contribution in [0, 0.1) is 5.41 Å². The number of rotatable bonds is 4. The lowest BCUT2D eigenvalue weighted by Crippen LogP contribution is -2.11. The van der Waals surface area contributed by atoms with Gasteiger partial charge in [0.15, 0.2) is 0 Å². The molecule has 0 amide bonds. The lowest BCUT2D eigenvalue weighted by Gasteiger charge is -2.19. The monoisotopic (exact) mass is 346 g/mol. The van der Waals surface area contributed by atoms with E-state index in [1.54, 1.807) is 18.2 Å². The minimum absolute atomic E-state index is 0.0996. The molecule has 1 N–H and O–H groups in total. The summed E-state index contributed by atoms with van der Waals surface area (Å²) in [5, 5.41) is 6.13. The number of aromatic amines is 1. The molecule has 0 aliphatic heterocycles. The highest BCUT2D eigenvalue weighted by atomic mass is 35.5. The lowest BCUT2D eigenvalue weighted by molar-refractivity contribution is -0.141. The Morgan fingerprint density at radius 2 is 1.87 bits per heavy atom. The Kier molecular flexibility index (Phi) is 4.94. The van der Waals surface area contributed by atoms with Gasteiger partial charge in [-0.1, -0.05) is 32.4 Å². The molecule has 0 saturated heterocycles. The standard InChI is InChI=1S/C16H18ClF3N2O/c1-15(2,3)6-7-23-13-5-4-10(17)8-11(13)12-9-14(22-21-12)16(18,19)20/h4-5,8-9H,6-7H2,1-3H3,(H,21,22). The van der Waals surface area contributed by atoms with Gasteiger partial charge in [-0.2, -0.15) is 18.3 Å². The summed E-state index contributed by atoms with van der Waals surface area (Å²) in [7, 11) is 0. The molecular formula is C16H18ClF3N2O. The van der Waals surface area contributed by atoms with Crippen molar-refractivity contribution in [1.82, 2.24) is 10.2 Å². The number of aromatic nitrogens is 2. The molecule has 23 heavy (non-hydrogen) atoms. The van der Waals surface area contributed by atoms with Crippen molar-refractivity contribution in [3.63, 3.8) is 0 Å². The molecule has 0 bridgehead atoms. The van der Waals surface area contributed by atoms with Crippen LogP contribution in [-0.4, -0.2) is 16.8 Å². The van der Waals surface area contributed by atoms with E-state index in [0.29, 0.717) is 22.9 Å². The highest BCUT2D eigenvalue weighted by Crippen LogP contribution is 2.35. The average molecular weight is 347 g/mol. The highest BCUT2D eigenvalue weighted by molar-refractivity contribution is 6.30. The molecule has 7 heteroatoms. The van der Waals surface area contributed by atoms with Gasteiger partial charge in [0.05, 0.1) is 12.3 Å². The Labute approximate surface area is 137 Å². The van der Waals surface area contributed by atoms with Crippen LogP contribution in [0.5, 0.6) is 5.75 Å². The maximum absolute atomic E-state index is 12.7. The third-order valence-electron chi connectivity index (χ3n) is 3.21. The second-order valence-electron chi connectivity index (χ2n) is 6.46. The van der Waals surface area contributed by atoms with Crippen molar-refractivity contribution in [1.29, 1.82) is 0 Å². The highest BCUT2D eigenvalue weighted by Gasteiger charge is 2.33. The van der Waals surface area contributed by atoms with Gasteiger partial charge in [-0.05, 0) is 36.1 Å². The summed E-state index contributed by atoms with van der Waals surface area (Å²) in [6.07, 6.45) is -3.67. The SMILES string of the molecule is CC(C)(C)CCOc1ccc(Cl)cc1-c1cc(C(F)(F)F)[nH]n1. The van der Waals surface area contributed by atoms with Crippen molar-refractivity contribution in [2.45, 2.75) is 33.4 Å². The van der Waals surface area contributed by atoms with Crippen molar-refractivity contribution in [3.8, 4) is 17.0 Å². The minimum Gasteiger partial charge on any atom is -0.493 e. The largest absolute Gasteiger partial charge is 0.493 e. The molecule has 1 heterocycles. The summed E-state index contributed by atoms with van der Waals surface area (Å²) in [6, 6.07) is 5.77. The minimum atomic E-state index is -4.48. The first-order chi connectivity index (χ1) is 10.6. The molecule has 0 unspecified atom stereocenters. The first-order valence-electron chi connectivity index (χ1n) is 7.11. The lowest BCUT2D eigenvalue weighted by atomic mass is 9.93. The van der Waals surface area contributed by atoms with Gasteiger partial charge in [-0.15, -0.1) is 0 Å². The van der Waals surface area contributed by atoms with Gasteiger partial charge in [0.25, 0.3) is 0 Å². The van der Waals surface area contributed by atoms with E-state index in [4.69, 9.17) is 16.3 Å². The fourth-order valence-electron chi connectivity index (χ4n) is 1.90. The third kappa shape index (κ3) is 4.89. The summed E-state index contributed by atoms with van der Waals surface area (Å²) < 4.78 is 43.8. The number of nitrogens with one attached hydrogen (secondary N) is 1. The van der Waals surface area contributed by atoms with Crippen molar-refractivity contribution < 1.29 is 17.9 Å². The van der Waals surface area contributed by atoms with E-state index >= 15 is 0 Å². The second kappa shape index (κ2) is 6.43. The zero-order chi connectivity index (χ0) is 17.3. The molecule has 0 saturated carbocycles. The molecule has 2 aromatic rings. The van der Waals surface area contributed by atoms with E-state index in [2.05, 4.69) is 25.9 Å². The first kappa shape index (κ1) is 17.7. The molecule has 2 rings (SSSR count). The molecule has 1 aromatic heterocycles. The number of hydrogen-bond donors (Lipinski definition) is 1. The average Bonchev–Trinajstić information content (AvgIpc) is 2.88. The third-order valence-corrected chi connectivity index (χ3v) is 3.45. The van der Waals surface area contributed by atoms with E-state index in [1.807, 2.05) is 5.10 Å². The van der Waals surface area contributed by atoms with Crippen LogP contribution in [0.25, 0.3) is 11.3 Å². The molecule has 3 nitrogen and oxygen atoms in total. The Bertz CT molecular complexity index is 675. The summed E-state index contributed by atoms with van der Waals surface area (Å²) >= 11 is 5.95. The first-order valence-corrected chi connectivity index (χ1v) is 7.49.